The first-order valence-electron chi connectivity index (χ1n) is 5.25. The Morgan fingerprint density at radius 2 is 1.40 bits per heavy atom. The normalized spacial score (nSPS) is 23.7. The number of benzene rings is 2. The molecule has 3 rings (SSSR count). The van der Waals surface area contributed by atoms with Crippen molar-refractivity contribution in [3.8, 4) is 0 Å². The number of hydrogen-bond acceptors (Lipinski definition) is 0. The van der Waals surface area contributed by atoms with E-state index in [2.05, 4.69) is 60.7 Å². The van der Waals surface area contributed by atoms with Crippen LogP contribution in [0.2, 0.25) is 5.32 Å². The van der Waals surface area contributed by atoms with Crippen LogP contribution in [0.15, 0.2) is 60.7 Å². The van der Waals surface area contributed by atoms with Crippen LogP contribution in [0, 0.1) is 0 Å². The van der Waals surface area contributed by atoms with Crippen LogP contribution in [0.1, 0.15) is 10.4 Å². The Balaban J connectivity index is 1.81. The third-order valence-electron chi connectivity index (χ3n) is 2.78. The van der Waals surface area contributed by atoms with Gasteiger partial charge in [0, 0.05) is 0 Å². The van der Waals surface area contributed by atoms with Crippen LogP contribution < -0.4 is 4.46 Å². The first-order chi connectivity index (χ1) is 7.45. The molecule has 0 nitrogen and oxygen atoms in total. The van der Waals surface area contributed by atoms with Crippen LogP contribution in [0.4, 0.5) is 0 Å². The molecule has 1 aliphatic rings. The van der Waals surface area contributed by atoms with E-state index >= 15 is 0 Å². The van der Waals surface area contributed by atoms with E-state index in [0.717, 1.165) is 4.82 Å². The first kappa shape index (κ1) is 9.20. The minimum atomic E-state index is -0.483. The average molecular weight is 260 g/mol. The molecule has 74 valence electrons. The Morgan fingerprint density at radius 3 is 2.07 bits per heavy atom. The van der Waals surface area contributed by atoms with E-state index < -0.39 is 13.9 Å². The fraction of sp³-hybridized carbons (Fsp3) is 0.143. The topological polar surface area (TPSA) is 0 Å². The van der Waals surface area contributed by atoms with Crippen molar-refractivity contribution in [3.63, 3.8) is 0 Å². The Hall–Kier alpha value is -1.04. The Labute approximate surface area is 94.8 Å². The molecule has 15 heavy (non-hydrogen) atoms. The molecule has 2 atom stereocenters. The quantitative estimate of drug-likeness (QED) is 0.728. The molecule has 0 spiro atoms. The maximum atomic E-state index is 2.30. The molecular formula is C14H13Se+. The molecule has 1 heteroatoms. The van der Waals surface area contributed by atoms with Gasteiger partial charge in [-0.15, -0.1) is 0 Å². The summed E-state index contributed by atoms with van der Waals surface area (Å²) < 4.78 is 1.62. The van der Waals surface area contributed by atoms with E-state index in [-0.39, 0.29) is 0 Å². The zero-order chi connectivity index (χ0) is 10.1. The molecule has 1 saturated heterocycles. The van der Waals surface area contributed by atoms with Crippen LogP contribution in [-0.2, 0) is 0 Å². The SMILES string of the molecule is c1ccc(C2C[Se+]2c2ccccc2)cc1. The van der Waals surface area contributed by atoms with Crippen molar-refractivity contribution >= 4 is 18.4 Å². The summed E-state index contributed by atoms with van der Waals surface area (Å²) in [4.78, 5) is 0.883. The average Bonchev–Trinajstić information content (AvgIpc) is 3.11. The molecule has 2 aromatic carbocycles. The van der Waals surface area contributed by atoms with Crippen molar-refractivity contribution in [1.82, 2.24) is 0 Å². The summed E-state index contributed by atoms with van der Waals surface area (Å²) in [5.74, 6) is 0. The van der Waals surface area contributed by atoms with Gasteiger partial charge < -0.3 is 0 Å². The van der Waals surface area contributed by atoms with Crippen LogP contribution in [0.3, 0.4) is 0 Å². The minimum absolute atomic E-state index is 0.483. The van der Waals surface area contributed by atoms with Crippen LogP contribution >= 0.6 is 0 Å². The summed E-state index contributed by atoms with van der Waals surface area (Å²) in [6.45, 7) is 0. The van der Waals surface area contributed by atoms with Gasteiger partial charge in [-0.25, -0.2) is 0 Å². The number of hydrogen-bond donors (Lipinski definition) is 0. The predicted molar refractivity (Wildman–Crippen MR) is 65.8 cm³/mol. The molecule has 1 aliphatic heterocycles. The van der Waals surface area contributed by atoms with E-state index in [1.54, 1.807) is 10.0 Å². The van der Waals surface area contributed by atoms with Crippen molar-refractivity contribution in [1.29, 1.82) is 0 Å². The second kappa shape index (κ2) is 3.84. The Kier molecular flexibility index (Phi) is 2.36. The summed E-state index contributed by atoms with van der Waals surface area (Å²) in [5, 5.41) is 1.44. The van der Waals surface area contributed by atoms with Gasteiger partial charge in [0.25, 0.3) is 0 Å². The van der Waals surface area contributed by atoms with Crippen molar-refractivity contribution < 1.29 is 0 Å². The maximum absolute atomic E-state index is 2.30. The Morgan fingerprint density at radius 1 is 0.800 bits per heavy atom. The van der Waals surface area contributed by atoms with E-state index in [9.17, 15) is 0 Å². The van der Waals surface area contributed by atoms with Crippen LogP contribution in [-0.4, -0.2) is 13.9 Å². The van der Waals surface area contributed by atoms with Gasteiger partial charge in [0.05, 0.1) is 0 Å². The fourth-order valence-corrected chi connectivity index (χ4v) is 6.75. The van der Waals surface area contributed by atoms with Crippen molar-refractivity contribution in [2.24, 2.45) is 0 Å². The second-order valence-corrected chi connectivity index (χ2v) is 8.49. The molecule has 0 bridgehead atoms. The predicted octanol–water partition coefficient (Wildman–Crippen LogP) is 2.73. The van der Waals surface area contributed by atoms with E-state index in [1.165, 1.54) is 5.32 Å². The summed E-state index contributed by atoms with van der Waals surface area (Å²) in [7, 11) is 0. The molecule has 0 saturated carbocycles. The van der Waals surface area contributed by atoms with E-state index in [1.807, 2.05) is 0 Å². The van der Waals surface area contributed by atoms with Crippen LogP contribution in [0.25, 0.3) is 0 Å². The van der Waals surface area contributed by atoms with Gasteiger partial charge in [-0.2, -0.15) is 0 Å². The molecule has 0 amide bonds. The molecule has 0 radical (unpaired) electrons. The van der Waals surface area contributed by atoms with Gasteiger partial charge in [-0.05, 0) is 0 Å². The monoisotopic (exact) mass is 261 g/mol. The number of rotatable bonds is 2. The van der Waals surface area contributed by atoms with Crippen molar-refractivity contribution in [3.05, 3.63) is 66.2 Å². The summed E-state index contributed by atoms with van der Waals surface area (Å²) in [6.07, 6.45) is 0. The molecule has 0 N–H and O–H groups in total. The standard InChI is InChI=1S/C14H13Se/c1-3-7-12(8-4-1)14-11-15(14)13-9-5-2-6-10-13/h1-10,14H,11H2/q+1. The zero-order valence-electron chi connectivity index (χ0n) is 8.47. The fourth-order valence-electron chi connectivity index (χ4n) is 1.91. The molecule has 2 aromatic rings. The third kappa shape index (κ3) is 1.86. The zero-order valence-corrected chi connectivity index (χ0v) is 10.2. The van der Waals surface area contributed by atoms with Gasteiger partial charge >= 0.3 is 94.7 Å². The van der Waals surface area contributed by atoms with Gasteiger partial charge in [-0.1, -0.05) is 0 Å². The second-order valence-electron chi connectivity index (χ2n) is 3.81. The molecular weight excluding hydrogens is 247 g/mol. The molecule has 2 unspecified atom stereocenters. The van der Waals surface area contributed by atoms with Gasteiger partial charge in [-0.3, -0.25) is 0 Å². The summed E-state index contributed by atoms with van der Waals surface area (Å²) >= 11 is -0.483. The van der Waals surface area contributed by atoms with Gasteiger partial charge in [0.1, 0.15) is 0 Å². The Bertz CT molecular complexity index is 392. The first-order valence-corrected chi connectivity index (χ1v) is 8.30. The molecule has 0 aromatic heterocycles. The molecule has 1 heterocycles. The van der Waals surface area contributed by atoms with E-state index in [0.29, 0.717) is 0 Å². The van der Waals surface area contributed by atoms with Crippen molar-refractivity contribution in [2.75, 3.05) is 0 Å². The van der Waals surface area contributed by atoms with Gasteiger partial charge in [0.2, 0.25) is 0 Å². The van der Waals surface area contributed by atoms with Crippen LogP contribution in [0.5, 0.6) is 0 Å². The van der Waals surface area contributed by atoms with Gasteiger partial charge in [0.15, 0.2) is 0 Å². The van der Waals surface area contributed by atoms with Crippen molar-refractivity contribution in [2.45, 2.75) is 10.1 Å². The molecule has 1 fully saturated rings. The summed E-state index contributed by atoms with van der Waals surface area (Å²) in [6, 6.07) is 22.0. The summed E-state index contributed by atoms with van der Waals surface area (Å²) in [5.41, 5.74) is 1.55. The van der Waals surface area contributed by atoms with E-state index in [4.69, 9.17) is 0 Å². The third-order valence-corrected chi connectivity index (χ3v) is 7.53. The molecule has 0 aliphatic carbocycles.